The third-order valence-electron chi connectivity index (χ3n) is 6.70. The number of pyridine rings is 1. The van der Waals surface area contributed by atoms with Gasteiger partial charge in [0, 0.05) is 51.9 Å². The maximum atomic E-state index is 12.8. The number of hydrogen-bond donors (Lipinski definition) is 0. The van der Waals surface area contributed by atoms with Gasteiger partial charge >= 0.3 is 0 Å². The highest BCUT2D eigenvalue weighted by atomic mass is 32.1. The van der Waals surface area contributed by atoms with Crippen LogP contribution in [0.4, 0.5) is 5.82 Å². The zero-order chi connectivity index (χ0) is 21.8. The summed E-state index contributed by atoms with van der Waals surface area (Å²) in [5.41, 5.74) is 3.28. The Hall–Kier alpha value is -2.58. The third kappa shape index (κ3) is 5.07. The van der Waals surface area contributed by atoms with Crippen LogP contribution in [0.2, 0.25) is 0 Å². The van der Waals surface area contributed by atoms with E-state index in [0.717, 1.165) is 69.1 Å². The molecule has 2 saturated heterocycles. The molecule has 1 aromatic carbocycles. The molecule has 0 spiro atoms. The summed E-state index contributed by atoms with van der Waals surface area (Å²) in [6, 6.07) is 12.4. The van der Waals surface area contributed by atoms with E-state index >= 15 is 0 Å². The summed E-state index contributed by atoms with van der Waals surface area (Å²) in [6.45, 7) is 6.46. The van der Waals surface area contributed by atoms with Gasteiger partial charge < -0.3 is 9.80 Å². The molecule has 4 heterocycles. The van der Waals surface area contributed by atoms with E-state index in [1.165, 1.54) is 30.1 Å². The van der Waals surface area contributed by atoms with Crippen molar-refractivity contribution in [3.05, 3.63) is 48.2 Å². The van der Waals surface area contributed by atoms with Crippen molar-refractivity contribution >= 4 is 34.5 Å². The Morgan fingerprint density at radius 1 is 1.03 bits per heavy atom. The average Bonchev–Trinajstić information content (AvgIpc) is 3.31. The second kappa shape index (κ2) is 9.92. The molecule has 2 fully saturated rings. The van der Waals surface area contributed by atoms with E-state index in [0.29, 0.717) is 18.2 Å². The van der Waals surface area contributed by atoms with Gasteiger partial charge in [0.2, 0.25) is 5.91 Å². The SMILES string of the molecule is O=C(CCC1CCCN(Cc2ccc3nsnc3c2)C1)N1CCN(c2ccccn2)CC1. The number of fused-ring (bicyclic) bond motifs is 1. The van der Waals surface area contributed by atoms with Crippen molar-refractivity contribution in [2.75, 3.05) is 44.2 Å². The van der Waals surface area contributed by atoms with Crippen molar-refractivity contribution in [2.45, 2.75) is 32.2 Å². The first-order chi connectivity index (χ1) is 15.7. The number of aromatic nitrogens is 3. The van der Waals surface area contributed by atoms with E-state index in [1.54, 1.807) is 0 Å². The number of piperazine rings is 1. The first-order valence-electron chi connectivity index (χ1n) is 11.6. The predicted molar refractivity (Wildman–Crippen MR) is 128 cm³/mol. The second-order valence-corrected chi connectivity index (χ2v) is 9.45. The number of carbonyl (C=O) groups is 1. The summed E-state index contributed by atoms with van der Waals surface area (Å²) >= 11 is 1.27. The molecule has 0 N–H and O–H groups in total. The molecular weight excluding hydrogens is 420 g/mol. The maximum Gasteiger partial charge on any atom is 0.222 e. The predicted octanol–water partition coefficient (Wildman–Crippen LogP) is 3.43. The van der Waals surface area contributed by atoms with Crippen LogP contribution in [0.1, 0.15) is 31.2 Å². The molecular formula is C24H30N6OS. The Kier molecular flexibility index (Phi) is 6.59. The van der Waals surface area contributed by atoms with Gasteiger partial charge in [-0.15, -0.1) is 0 Å². The number of rotatable bonds is 6. The highest BCUT2D eigenvalue weighted by Gasteiger charge is 2.24. The van der Waals surface area contributed by atoms with Crippen LogP contribution in [0, 0.1) is 5.92 Å². The molecule has 2 aliphatic heterocycles. The molecule has 32 heavy (non-hydrogen) atoms. The van der Waals surface area contributed by atoms with E-state index in [-0.39, 0.29) is 0 Å². The summed E-state index contributed by atoms with van der Waals surface area (Å²) < 4.78 is 8.66. The van der Waals surface area contributed by atoms with Gasteiger partial charge in [-0.2, -0.15) is 8.75 Å². The number of nitrogens with zero attached hydrogens (tertiary/aromatic N) is 6. The van der Waals surface area contributed by atoms with Crippen LogP contribution in [0.5, 0.6) is 0 Å². The molecule has 3 aromatic rings. The Morgan fingerprint density at radius 3 is 2.75 bits per heavy atom. The van der Waals surface area contributed by atoms with Gasteiger partial charge in [0.1, 0.15) is 16.9 Å². The van der Waals surface area contributed by atoms with Crippen molar-refractivity contribution in [2.24, 2.45) is 5.92 Å². The first-order valence-corrected chi connectivity index (χ1v) is 12.3. The lowest BCUT2D eigenvalue weighted by molar-refractivity contribution is -0.131. The molecule has 8 heteroatoms. The lowest BCUT2D eigenvalue weighted by Gasteiger charge is -2.36. The highest BCUT2D eigenvalue weighted by Crippen LogP contribution is 2.24. The molecule has 2 aliphatic rings. The van der Waals surface area contributed by atoms with E-state index in [9.17, 15) is 4.79 Å². The first kappa shape index (κ1) is 21.3. The van der Waals surface area contributed by atoms with E-state index in [2.05, 4.69) is 41.7 Å². The van der Waals surface area contributed by atoms with Crippen LogP contribution in [0.3, 0.4) is 0 Å². The van der Waals surface area contributed by atoms with Crippen LogP contribution >= 0.6 is 11.7 Å². The maximum absolute atomic E-state index is 12.8. The molecule has 0 radical (unpaired) electrons. The normalized spacial score (nSPS) is 20.1. The van der Waals surface area contributed by atoms with E-state index < -0.39 is 0 Å². The topological polar surface area (TPSA) is 65.5 Å². The summed E-state index contributed by atoms with van der Waals surface area (Å²) in [5, 5.41) is 0. The quantitative estimate of drug-likeness (QED) is 0.573. The zero-order valence-electron chi connectivity index (χ0n) is 18.4. The Bertz CT molecular complexity index is 1030. The number of carbonyl (C=O) groups excluding carboxylic acids is 1. The molecule has 2 aromatic heterocycles. The lowest BCUT2D eigenvalue weighted by atomic mass is 9.92. The van der Waals surface area contributed by atoms with Gasteiger partial charge in [0.15, 0.2) is 0 Å². The molecule has 1 amide bonds. The van der Waals surface area contributed by atoms with Gasteiger partial charge in [-0.3, -0.25) is 9.69 Å². The minimum absolute atomic E-state index is 0.310. The molecule has 0 aliphatic carbocycles. The second-order valence-electron chi connectivity index (χ2n) is 8.93. The van der Waals surface area contributed by atoms with Gasteiger partial charge in [0.25, 0.3) is 0 Å². The molecule has 1 unspecified atom stereocenters. The Balaban J connectivity index is 1.07. The van der Waals surface area contributed by atoms with Crippen LogP contribution < -0.4 is 4.90 Å². The number of benzene rings is 1. The van der Waals surface area contributed by atoms with Crippen molar-refractivity contribution in [3.8, 4) is 0 Å². The van der Waals surface area contributed by atoms with E-state index in [4.69, 9.17) is 0 Å². The summed E-state index contributed by atoms with van der Waals surface area (Å²) in [6.07, 6.45) is 5.92. The number of hydrogen-bond acceptors (Lipinski definition) is 7. The standard InChI is InChI=1S/C24H30N6OS/c31-24(30-14-12-29(13-15-30)23-5-1-2-10-25-23)9-7-19-4-3-11-28(17-19)18-20-6-8-21-22(16-20)27-32-26-21/h1-2,5-6,8,10,16,19H,3-4,7,9,11-15,17-18H2. The van der Waals surface area contributed by atoms with Crippen LogP contribution in [0.15, 0.2) is 42.6 Å². The molecule has 1 atom stereocenters. The molecule has 168 valence electrons. The van der Waals surface area contributed by atoms with Crippen LogP contribution in [-0.2, 0) is 11.3 Å². The fourth-order valence-electron chi connectivity index (χ4n) is 4.93. The smallest absolute Gasteiger partial charge is 0.222 e. The fraction of sp³-hybridized carbons (Fsp3) is 0.500. The average molecular weight is 451 g/mol. The highest BCUT2D eigenvalue weighted by molar-refractivity contribution is 7.00. The summed E-state index contributed by atoms with van der Waals surface area (Å²) in [5.74, 6) is 1.92. The summed E-state index contributed by atoms with van der Waals surface area (Å²) in [7, 11) is 0. The number of anilines is 1. The minimum Gasteiger partial charge on any atom is -0.353 e. The minimum atomic E-state index is 0.310. The Morgan fingerprint density at radius 2 is 1.91 bits per heavy atom. The van der Waals surface area contributed by atoms with Crippen molar-refractivity contribution in [1.29, 1.82) is 0 Å². The van der Waals surface area contributed by atoms with Crippen molar-refractivity contribution in [3.63, 3.8) is 0 Å². The van der Waals surface area contributed by atoms with Gasteiger partial charge in [-0.1, -0.05) is 12.1 Å². The summed E-state index contributed by atoms with van der Waals surface area (Å²) in [4.78, 5) is 24.1. The molecule has 0 saturated carbocycles. The van der Waals surface area contributed by atoms with Gasteiger partial charge in [-0.05, 0) is 61.6 Å². The van der Waals surface area contributed by atoms with Gasteiger partial charge in [-0.25, -0.2) is 4.98 Å². The van der Waals surface area contributed by atoms with Crippen LogP contribution in [0.25, 0.3) is 11.0 Å². The van der Waals surface area contributed by atoms with Crippen molar-refractivity contribution in [1.82, 2.24) is 23.5 Å². The largest absolute Gasteiger partial charge is 0.353 e. The third-order valence-corrected chi connectivity index (χ3v) is 7.26. The number of piperidine rings is 1. The molecule has 5 rings (SSSR count). The Labute approximate surface area is 193 Å². The van der Waals surface area contributed by atoms with Gasteiger partial charge in [0.05, 0.1) is 11.7 Å². The van der Waals surface area contributed by atoms with E-state index in [1.807, 2.05) is 29.3 Å². The number of amides is 1. The number of likely N-dealkylation sites (tertiary alicyclic amines) is 1. The van der Waals surface area contributed by atoms with Crippen molar-refractivity contribution < 1.29 is 4.79 Å². The fourth-order valence-corrected chi connectivity index (χ4v) is 5.44. The van der Waals surface area contributed by atoms with Crippen LogP contribution in [-0.4, -0.2) is 68.7 Å². The zero-order valence-corrected chi connectivity index (χ0v) is 19.2. The monoisotopic (exact) mass is 450 g/mol. The molecule has 0 bridgehead atoms. The molecule has 7 nitrogen and oxygen atoms in total. The lowest BCUT2D eigenvalue weighted by Crippen LogP contribution is -2.49.